The van der Waals surface area contributed by atoms with E-state index in [0.29, 0.717) is 6.42 Å². The minimum Gasteiger partial charge on any atom is -0.350 e. The first-order valence-corrected chi connectivity index (χ1v) is 8.96. The molecule has 0 heterocycles. The molecule has 112 valence electrons. The number of halogens is 1. The number of hydrogen-bond acceptors (Lipinski definition) is 1. The molecule has 1 aromatic carbocycles. The molecule has 4 bridgehead atoms. The smallest absolute Gasteiger partial charge is 0.224 e. The quantitative estimate of drug-likeness (QED) is 0.876. The van der Waals surface area contributed by atoms with Crippen LogP contribution in [0, 0.1) is 17.8 Å². The van der Waals surface area contributed by atoms with Gasteiger partial charge in [0.05, 0.1) is 6.42 Å². The summed E-state index contributed by atoms with van der Waals surface area (Å²) in [5.41, 5.74) is 1.22. The lowest BCUT2D eigenvalue weighted by atomic mass is 9.53. The van der Waals surface area contributed by atoms with Crippen LogP contribution in [-0.2, 0) is 11.2 Å². The monoisotopic (exact) mass is 347 g/mol. The lowest BCUT2D eigenvalue weighted by molar-refractivity contribution is -0.126. The molecule has 5 rings (SSSR count). The van der Waals surface area contributed by atoms with Gasteiger partial charge in [0.2, 0.25) is 5.91 Å². The summed E-state index contributed by atoms with van der Waals surface area (Å²) < 4.78 is 1.03. The summed E-state index contributed by atoms with van der Waals surface area (Å²) in [4.78, 5) is 12.5. The molecule has 0 aromatic heterocycles. The van der Waals surface area contributed by atoms with Gasteiger partial charge < -0.3 is 5.32 Å². The second-order valence-electron chi connectivity index (χ2n) is 7.51. The topological polar surface area (TPSA) is 29.1 Å². The number of amides is 1. The summed E-state index contributed by atoms with van der Waals surface area (Å²) in [6.45, 7) is 0. The van der Waals surface area contributed by atoms with Gasteiger partial charge in [0.15, 0.2) is 0 Å². The fourth-order valence-electron chi connectivity index (χ4n) is 5.42. The molecule has 4 aliphatic rings. The largest absolute Gasteiger partial charge is 0.350 e. The van der Waals surface area contributed by atoms with Gasteiger partial charge in [-0.1, -0.05) is 34.1 Å². The zero-order chi connectivity index (χ0) is 14.4. The molecule has 0 atom stereocenters. The lowest BCUT2D eigenvalue weighted by Crippen LogP contribution is -2.60. The van der Waals surface area contributed by atoms with E-state index in [1.54, 1.807) is 0 Å². The highest BCUT2D eigenvalue weighted by atomic mass is 79.9. The van der Waals surface area contributed by atoms with Crippen LogP contribution in [0.25, 0.3) is 0 Å². The number of rotatable bonds is 3. The van der Waals surface area contributed by atoms with Crippen LogP contribution in [0.15, 0.2) is 28.7 Å². The molecule has 3 heteroatoms. The molecule has 0 spiro atoms. The zero-order valence-corrected chi connectivity index (χ0v) is 13.9. The van der Waals surface area contributed by atoms with Crippen molar-refractivity contribution in [1.82, 2.24) is 5.32 Å². The maximum atomic E-state index is 12.5. The zero-order valence-electron chi connectivity index (χ0n) is 12.3. The van der Waals surface area contributed by atoms with E-state index in [2.05, 4.69) is 21.2 Å². The highest BCUT2D eigenvalue weighted by Crippen LogP contribution is 2.55. The molecule has 0 aliphatic heterocycles. The lowest BCUT2D eigenvalue weighted by Gasteiger charge is -2.56. The van der Waals surface area contributed by atoms with Crippen molar-refractivity contribution in [3.05, 3.63) is 34.3 Å². The van der Waals surface area contributed by atoms with E-state index in [9.17, 15) is 4.79 Å². The number of carbonyl (C=O) groups excluding carboxylic acids is 1. The van der Waals surface area contributed by atoms with Crippen molar-refractivity contribution in [2.45, 2.75) is 50.5 Å². The summed E-state index contributed by atoms with van der Waals surface area (Å²) >= 11 is 3.54. The summed E-state index contributed by atoms with van der Waals surface area (Å²) in [7, 11) is 0. The molecule has 4 fully saturated rings. The second kappa shape index (κ2) is 5.12. The van der Waals surface area contributed by atoms with Gasteiger partial charge in [-0.25, -0.2) is 0 Å². The Balaban J connectivity index is 1.46. The fourth-order valence-corrected chi connectivity index (χ4v) is 5.84. The van der Waals surface area contributed by atoms with Crippen LogP contribution in [0.3, 0.4) is 0 Å². The Kier molecular flexibility index (Phi) is 3.36. The SMILES string of the molecule is O=C(Cc1ccccc1Br)NC12CC3CC(CC(C3)C1)C2. The molecular weight excluding hydrogens is 326 g/mol. The van der Waals surface area contributed by atoms with Crippen molar-refractivity contribution in [3.63, 3.8) is 0 Å². The number of hydrogen-bond donors (Lipinski definition) is 1. The van der Waals surface area contributed by atoms with Crippen molar-refractivity contribution >= 4 is 21.8 Å². The molecule has 1 N–H and O–H groups in total. The summed E-state index contributed by atoms with van der Waals surface area (Å²) in [6, 6.07) is 8.03. The van der Waals surface area contributed by atoms with Gasteiger partial charge in [0, 0.05) is 10.0 Å². The Morgan fingerprint density at radius 3 is 2.24 bits per heavy atom. The van der Waals surface area contributed by atoms with Crippen molar-refractivity contribution in [1.29, 1.82) is 0 Å². The number of carbonyl (C=O) groups is 1. The maximum Gasteiger partial charge on any atom is 0.224 e. The molecule has 1 amide bonds. The predicted molar refractivity (Wildman–Crippen MR) is 86.9 cm³/mol. The highest BCUT2D eigenvalue weighted by molar-refractivity contribution is 9.10. The first-order valence-electron chi connectivity index (χ1n) is 8.16. The minimum absolute atomic E-state index is 0.132. The molecule has 0 radical (unpaired) electrons. The average Bonchev–Trinajstić information content (AvgIpc) is 2.39. The van der Waals surface area contributed by atoms with Gasteiger partial charge in [0.25, 0.3) is 0 Å². The highest BCUT2D eigenvalue weighted by Gasteiger charge is 2.51. The number of benzene rings is 1. The van der Waals surface area contributed by atoms with Crippen molar-refractivity contribution in [2.24, 2.45) is 17.8 Å². The maximum absolute atomic E-state index is 12.5. The van der Waals surface area contributed by atoms with Gasteiger partial charge >= 0.3 is 0 Å². The van der Waals surface area contributed by atoms with E-state index in [4.69, 9.17) is 0 Å². The Bertz CT molecular complexity index is 533. The molecular formula is C18H22BrNO. The molecule has 4 aliphatic carbocycles. The third-order valence-corrected chi connectivity index (χ3v) is 6.53. The van der Waals surface area contributed by atoms with E-state index in [1.807, 2.05) is 24.3 Å². The summed E-state index contributed by atoms with van der Waals surface area (Å²) in [5.74, 6) is 2.82. The Labute approximate surface area is 134 Å². The van der Waals surface area contributed by atoms with Crippen LogP contribution >= 0.6 is 15.9 Å². The van der Waals surface area contributed by atoms with Gasteiger partial charge in [-0.3, -0.25) is 4.79 Å². The predicted octanol–water partition coefficient (Wildman–Crippen LogP) is 4.08. The first-order chi connectivity index (χ1) is 10.1. The molecule has 0 unspecified atom stereocenters. The molecule has 2 nitrogen and oxygen atoms in total. The molecule has 1 aromatic rings. The van der Waals surface area contributed by atoms with Crippen molar-refractivity contribution < 1.29 is 4.79 Å². The minimum atomic E-state index is 0.132. The number of nitrogens with one attached hydrogen (secondary N) is 1. The molecule has 21 heavy (non-hydrogen) atoms. The van der Waals surface area contributed by atoms with Crippen LogP contribution in [0.1, 0.15) is 44.1 Å². The van der Waals surface area contributed by atoms with E-state index >= 15 is 0 Å². The van der Waals surface area contributed by atoms with Crippen LogP contribution in [0.4, 0.5) is 0 Å². The second-order valence-corrected chi connectivity index (χ2v) is 8.37. The summed E-state index contributed by atoms with van der Waals surface area (Å²) in [6.07, 6.45) is 8.41. The van der Waals surface area contributed by atoms with Crippen molar-refractivity contribution in [3.8, 4) is 0 Å². The van der Waals surface area contributed by atoms with E-state index < -0.39 is 0 Å². The Hall–Kier alpha value is -0.830. The molecule has 0 saturated heterocycles. The van der Waals surface area contributed by atoms with Gasteiger partial charge in [-0.15, -0.1) is 0 Å². The van der Waals surface area contributed by atoms with E-state index in [0.717, 1.165) is 27.8 Å². The summed E-state index contributed by atoms with van der Waals surface area (Å²) in [5, 5.41) is 3.44. The standard InChI is InChI=1S/C18H22BrNO/c19-16-4-2-1-3-15(16)8-17(21)20-18-9-12-5-13(10-18)7-14(6-12)11-18/h1-4,12-14H,5-11H2,(H,20,21). The van der Waals surface area contributed by atoms with Gasteiger partial charge in [0.1, 0.15) is 0 Å². The Morgan fingerprint density at radius 1 is 1.10 bits per heavy atom. The van der Waals surface area contributed by atoms with Gasteiger partial charge in [-0.2, -0.15) is 0 Å². The van der Waals surface area contributed by atoms with Crippen LogP contribution in [0.2, 0.25) is 0 Å². The Morgan fingerprint density at radius 2 is 1.67 bits per heavy atom. The van der Waals surface area contributed by atoms with Gasteiger partial charge in [-0.05, 0) is 67.9 Å². The third kappa shape index (κ3) is 2.65. The van der Waals surface area contributed by atoms with E-state index in [1.165, 1.54) is 38.5 Å². The van der Waals surface area contributed by atoms with Crippen molar-refractivity contribution in [2.75, 3.05) is 0 Å². The van der Waals surface area contributed by atoms with Crippen LogP contribution in [-0.4, -0.2) is 11.4 Å². The van der Waals surface area contributed by atoms with Crippen LogP contribution in [0.5, 0.6) is 0 Å². The first kappa shape index (κ1) is 13.8. The molecule has 4 saturated carbocycles. The fraction of sp³-hybridized carbons (Fsp3) is 0.611. The van der Waals surface area contributed by atoms with Crippen LogP contribution < -0.4 is 5.32 Å². The van der Waals surface area contributed by atoms with E-state index in [-0.39, 0.29) is 11.4 Å². The normalized spacial score (nSPS) is 36.7. The third-order valence-electron chi connectivity index (χ3n) is 5.75. The average molecular weight is 348 g/mol.